The summed E-state index contributed by atoms with van der Waals surface area (Å²) in [4.78, 5) is 24.5. The van der Waals surface area contributed by atoms with E-state index in [-0.39, 0.29) is 5.75 Å². The lowest BCUT2D eigenvalue weighted by atomic mass is 10.1. The number of rotatable bonds is 2. The molecule has 126 valence electrons. The van der Waals surface area contributed by atoms with Crippen molar-refractivity contribution in [3.05, 3.63) is 65.7 Å². The number of phenols is 1. The molecule has 0 heterocycles. The van der Waals surface area contributed by atoms with Gasteiger partial charge in [-0.2, -0.15) is 0 Å². The van der Waals surface area contributed by atoms with Crippen molar-refractivity contribution >= 4 is 34.0 Å². The Hall–Kier alpha value is -3.34. The summed E-state index contributed by atoms with van der Waals surface area (Å²) in [6, 6.07) is 15.8. The van der Waals surface area contributed by atoms with Gasteiger partial charge in [-0.05, 0) is 43.2 Å². The van der Waals surface area contributed by atoms with E-state index in [9.17, 15) is 14.7 Å². The summed E-state index contributed by atoms with van der Waals surface area (Å²) in [7, 11) is 0. The zero-order valence-electron chi connectivity index (χ0n) is 14.0. The van der Waals surface area contributed by atoms with Crippen LogP contribution in [0, 0.1) is 13.8 Å². The van der Waals surface area contributed by atoms with Crippen LogP contribution in [0.2, 0.25) is 0 Å². The number of carbonyl (C=O) groups excluding carboxylic acids is 2. The van der Waals surface area contributed by atoms with Crippen LogP contribution in [0.15, 0.2) is 54.6 Å². The monoisotopic (exact) mass is 334 g/mol. The predicted molar refractivity (Wildman–Crippen MR) is 98.8 cm³/mol. The van der Waals surface area contributed by atoms with Gasteiger partial charge in [0, 0.05) is 22.1 Å². The fourth-order valence-corrected chi connectivity index (χ4v) is 2.63. The maximum absolute atomic E-state index is 12.3. The van der Waals surface area contributed by atoms with E-state index in [1.807, 2.05) is 32.0 Å². The highest BCUT2D eigenvalue weighted by atomic mass is 16.3. The molecule has 0 radical (unpaired) electrons. The van der Waals surface area contributed by atoms with E-state index in [4.69, 9.17) is 0 Å². The summed E-state index contributed by atoms with van der Waals surface area (Å²) in [5.41, 5.74) is 2.94. The summed E-state index contributed by atoms with van der Waals surface area (Å²) in [6.45, 7) is 3.78. The number of fused-ring (bicyclic) bond motifs is 1. The molecule has 0 atom stereocenters. The van der Waals surface area contributed by atoms with Crippen molar-refractivity contribution in [2.45, 2.75) is 13.8 Å². The van der Waals surface area contributed by atoms with E-state index in [1.54, 1.807) is 36.4 Å². The highest BCUT2D eigenvalue weighted by Crippen LogP contribution is 2.29. The van der Waals surface area contributed by atoms with Crippen molar-refractivity contribution in [2.75, 3.05) is 10.6 Å². The van der Waals surface area contributed by atoms with Crippen molar-refractivity contribution in [1.29, 1.82) is 0 Å². The van der Waals surface area contributed by atoms with Crippen LogP contribution in [0.5, 0.6) is 5.75 Å². The number of anilines is 2. The van der Waals surface area contributed by atoms with Crippen LogP contribution >= 0.6 is 0 Å². The minimum atomic E-state index is -0.767. The van der Waals surface area contributed by atoms with Crippen LogP contribution in [-0.4, -0.2) is 16.9 Å². The van der Waals surface area contributed by atoms with Crippen molar-refractivity contribution in [3.63, 3.8) is 0 Å². The summed E-state index contributed by atoms with van der Waals surface area (Å²) >= 11 is 0. The zero-order valence-corrected chi connectivity index (χ0v) is 14.0. The van der Waals surface area contributed by atoms with Gasteiger partial charge in [0.2, 0.25) is 0 Å². The number of nitrogens with one attached hydrogen (secondary N) is 2. The van der Waals surface area contributed by atoms with Gasteiger partial charge in [-0.25, -0.2) is 0 Å². The van der Waals surface area contributed by atoms with Gasteiger partial charge in [-0.1, -0.05) is 36.4 Å². The highest BCUT2D eigenvalue weighted by Gasteiger charge is 2.16. The van der Waals surface area contributed by atoms with Gasteiger partial charge in [-0.15, -0.1) is 0 Å². The third kappa shape index (κ3) is 3.45. The number of hydrogen-bond acceptors (Lipinski definition) is 3. The Morgan fingerprint density at radius 1 is 0.800 bits per heavy atom. The van der Waals surface area contributed by atoms with Gasteiger partial charge in [0.25, 0.3) is 0 Å². The quantitative estimate of drug-likeness (QED) is 0.625. The zero-order chi connectivity index (χ0) is 18.0. The molecule has 0 bridgehead atoms. The van der Waals surface area contributed by atoms with E-state index in [1.165, 1.54) is 0 Å². The van der Waals surface area contributed by atoms with Crippen LogP contribution in [0.3, 0.4) is 0 Å². The molecule has 2 amide bonds. The average molecular weight is 334 g/mol. The minimum Gasteiger partial charge on any atom is -0.507 e. The molecule has 5 heteroatoms. The molecule has 0 fully saturated rings. The van der Waals surface area contributed by atoms with Gasteiger partial charge in [-0.3, -0.25) is 9.59 Å². The fraction of sp³-hybridized carbons (Fsp3) is 0.100. The van der Waals surface area contributed by atoms with E-state index >= 15 is 0 Å². The SMILES string of the molecule is Cc1ccc(C)c(NC(=O)C(=O)Nc2cccc3c(O)cccc23)c1. The standard InChI is InChI=1S/C20H18N2O3/c1-12-9-10-13(2)17(11-12)22-20(25)19(24)21-16-7-3-6-15-14(16)5-4-8-18(15)23/h3-11,23H,1-2H3,(H,21,24)(H,22,25). The second kappa shape index (κ2) is 6.65. The first-order valence-electron chi connectivity index (χ1n) is 7.86. The smallest absolute Gasteiger partial charge is 0.314 e. The maximum atomic E-state index is 12.3. The largest absolute Gasteiger partial charge is 0.507 e. The third-order valence-corrected chi connectivity index (χ3v) is 3.99. The second-order valence-electron chi connectivity index (χ2n) is 5.90. The normalized spacial score (nSPS) is 10.5. The molecule has 0 aliphatic heterocycles. The van der Waals surface area contributed by atoms with E-state index < -0.39 is 11.8 Å². The van der Waals surface area contributed by atoms with Crippen molar-refractivity contribution in [1.82, 2.24) is 0 Å². The molecule has 3 rings (SSSR count). The Kier molecular flexibility index (Phi) is 4.39. The first-order chi connectivity index (χ1) is 12.0. The average Bonchev–Trinajstić information content (AvgIpc) is 2.59. The molecular weight excluding hydrogens is 316 g/mol. The van der Waals surface area contributed by atoms with E-state index in [0.717, 1.165) is 11.1 Å². The molecule has 0 aliphatic rings. The topological polar surface area (TPSA) is 78.4 Å². The molecular formula is C20H18N2O3. The first-order valence-corrected chi connectivity index (χ1v) is 7.86. The second-order valence-corrected chi connectivity index (χ2v) is 5.90. The number of carbonyl (C=O) groups is 2. The minimum absolute atomic E-state index is 0.119. The summed E-state index contributed by atoms with van der Waals surface area (Å²) in [5.74, 6) is -1.39. The lowest BCUT2D eigenvalue weighted by Gasteiger charge is -2.11. The number of benzene rings is 3. The Balaban J connectivity index is 1.82. The summed E-state index contributed by atoms with van der Waals surface area (Å²) in [5, 5.41) is 16.4. The molecule has 25 heavy (non-hydrogen) atoms. The highest BCUT2D eigenvalue weighted by molar-refractivity contribution is 6.44. The van der Waals surface area contributed by atoms with Crippen LogP contribution in [0.25, 0.3) is 10.8 Å². The molecule has 0 spiro atoms. The van der Waals surface area contributed by atoms with E-state index in [0.29, 0.717) is 22.1 Å². The number of aromatic hydroxyl groups is 1. The number of phenolic OH excluding ortho intramolecular Hbond substituents is 1. The van der Waals surface area contributed by atoms with Crippen LogP contribution < -0.4 is 10.6 Å². The molecule has 0 unspecified atom stereocenters. The van der Waals surface area contributed by atoms with Crippen LogP contribution in [0.1, 0.15) is 11.1 Å². The van der Waals surface area contributed by atoms with Crippen LogP contribution in [0.4, 0.5) is 11.4 Å². The number of aryl methyl sites for hydroxylation is 2. The van der Waals surface area contributed by atoms with Gasteiger partial charge >= 0.3 is 11.8 Å². The number of amides is 2. The molecule has 0 saturated heterocycles. The summed E-state index contributed by atoms with van der Waals surface area (Å²) < 4.78 is 0. The van der Waals surface area contributed by atoms with Gasteiger partial charge in [0.05, 0.1) is 0 Å². The van der Waals surface area contributed by atoms with E-state index in [2.05, 4.69) is 10.6 Å². The summed E-state index contributed by atoms with van der Waals surface area (Å²) in [6.07, 6.45) is 0. The van der Waals surface area contributed by atoms with Gasteiger partial charge in [0.1, 0.15) is 5.75 Å². The molecule has 3 N–H and O–H groups in total. The Bertz CT molecular complexity index is 980. The fourth-order valence-electron chi connectivity index (χ4n) is 2.63. The maximum Gasteiger partial charge on any atom is 0.314 e. The Labute approximate surface area is 145 Å². The molecule has 0 aliphatic carbocycles. The Morgan fingerprint density at radius 2 is 1.44 bits per heavy atom. The molecule has 3 aromatic carbocycles. The predicted octanol–water partition coefficient (Wildman–Crippen LogP) is 3.74. The van der Waals surface area contributed by atoms with Crippen molar-refractivity contribution in [3.8, 4) is 5.75 Å². The Morgan fingerprint density at radius 3 is 2.20 bits per heavy atom. The molecule has 0 saturated carbocycles. The molecule has 5 nitrogen and oxygen atoms in total. The van der Waals surface area contributed by atoms with Crippen molar-refractivity contribution in [2.24, 2.45) is 0 Å². The van der Waals surface area contributed by atoms with Gasteiger partial charge in [0.15, 0.2) is 0 Å². The molecule has 3 aromatic rings. The lowest BCUT2D eigenvalue weighted by Crippen LogP contribution is -2.29. The first kappa shape index (κ1) is 16.5. The van der Waals surface area contributed by atoms with Crippen LogP contribution in [-0.2, 0) is 9.59 Å². The van der Waals surface area contributed by atoms with Crippen molar-refractivity contribution < 1.29 is 14.7 Å². The lowest BCUT2D eigenvalue weighted by molar-refractivity contribution is -0.132. The molecule has 0 aromatic heterocycles. The van der Waals surface area contributed by atoms with Gasteiger partial charge < -0.3 is 15.7 Å². The number of hydrogen-bond donors (Lipinski definition) is 3. The third-order valence-electron chi connectivity index (χ3n) is 3.99.